The molecule has 1 aliphatic heterocycles. The summed E-state index contributed by atoms with van der Waals surface area (Å²) in [5, 5.41) is 2.78. The number of hydrogen-bond acceptors (Lipinski definition) is 3. The molecule has 1 aliphatic rings. The number of benzene rings is 1. The number of anilines is 2. The van der Waals surface area contributed by atoms with E-state index in [-0.39, 0.29) is 17.7 Å². The first-order chi connectivity index (χ1) is 9.01. The highest BCUT2D eigenvalue weighted by atomic mass is 16.2. The maximum atomic E-state index is 12.1. The van der Waals surface area contributed by atoms with E-state index in [1.807, 2.05) is 25.1 Å². The molecule has 2 rings (SSSR count). The lowest BCUT2D eigenvalue weighted by Gasteiger charge is -2.20. The molecule has 0 bridgehead atoms. The van der Waals surface area contributed by atoms with Gasteiger partial charge >= 0.3 is 0 Å². The lowest BCUT2D eigenvalue weighted by molar-refractivity contribution is -0.119. The number of amides is 2. The molecular weight excluding hydrogens is 242 g/mol. The zero-order chi connectivity index (χ0) is 14.0. The van der Waals surface area contributed by atoms with Crippen LogP contribution in [0.5, 0.6) is 0 Å². The van der Waals surface area contributed by atoms with E-state index in [1.165, 1.54) is 0 Å². The third-order valence-electron chi connectivity index (χ3n) is 3.40. The Morgan fingerprint density at radius 2 is 2.26 bits per heavy atom. The molecule has 0 saturated carbocycles. The van der Waals surface area contributed by atoms with Crippen LogP contribution in [0.4, 0.5) is 11.4 Å². The van der Waals surface area contributed by atoms with E-state index in [2.05, 4.69) is 5.32 Å². The minimum Gasteiger partial charge on any atom is -0.330 e. The van der Waals surface area contributed by atoms with Crippen molar-refractivity contribution in [2.45, 2.75) is 19.8 Å². The Bertz CT molecular complexity index is 513. The highest BCUT2D eigenvalue weighted by Crippen LogP contribution is 2.27. The molecule has 3 N–H and O–H groups in total. The fourth-order valence-corrected chi connectivity index (χ4v) is 2.09. The van der Waals surface area contributed by atoms with Crippen molar-refractivity contribution in [2.75, 3.05) is 23.8 Å². The molecule has 5 nitrogen and oxygen atoms in total. The first-order valence-corrected chi connectivity index (χ1v) is 6.40. The molecule has 0 aromatic heterocycles. The van der Waals surface area contributed by atoms with E-state index < -0.39 is 0 Å². The standard InChI is InChI=1S/C14H19N3O2/c1-9(8-15)5-14(19)17(2)11-3-4-12-10(6-11)7-13(18)16-12/h3-4,6,9H,5,7-8,15H2,1-2H3,(H,16,18). The Kier molecular flexibility index (Phi) is 3.85. The minimum atomic E-state index is -0.00196. The van der Waals surface area contributed by atoms with Gasteiger partial charge in [-0.3, -0.25) is 9.59 Å². The summed E-state index contributed by atoms with van der Waals surface area (Å²) in [5.74, 6) is 0.209. The van der Waals surface area contributed by atoms with Gasteiger partial charge in [-0.15, -0.1) is 0 Å². The largest absolute Gasteiger partial charge is 0.330 e. The van der Waals surface area contributed by atoms with Gasteiger partial charge in [-0.25, -0.2) is 0 Å². The molecule has 1 aromatic rings. The Morgan fingerprint density at radius 1 is 1.53 bits per heavy atom. The Balaban J connectivity index is 2.12. The monoisotopic (exact) mass is 261 g/mol. The molecule has 1 unspecified atom stereocenters. The average Bonchev–Trinajstić information content (AvgIpc) is 2.76. The summed E-state index contributed by atoms with van der Waals surface area (Å²) >= 11 is 0. The van der Waals surface area contributed by atoms with Crippen LogP contribution in [0.2, 0.25) is 0 Å². The molecule has 102 valence electrons. The van der Waals surface area contributed by atoms with E-state index in [4.69, 9.17) is 5.73 Å². The lowest BCUT2D eigenvalue weighted by Crippen LogP contribution is -2.29. The summed E-state index contributed by atoms with van der Waals surface area (Å²) in [6.45, 7) is 2.46. The van der Waals surface area contributed by atoms with Gasteiger partial charge in [-0.2, -0.15) is 0 Å². The number of fused-ring (bicyclic) bond motifs is 1. The number of carbonyl (C=O) groups is 2. The van der Waals surface area contributed by atoms with Crippen molar-refractivity contribution in [2.24, 2.45) is 11.7 Å². The fraction of sp³-hybridized carbons (Fsp3) is 0.429. The summed E-state index contributed by atoms with van der Waals surface area (Å²) in [6.07, 6.45) is 0.811. The van der Waals surface area contributed by atoms with Gasteiger partial charge in [-0.1, -0.05) is 6.92 Å². The van der Waals surface area contributed by atoms with Crippen LogP contribution in [-0.4, -0.2) is 25.4 Å². The van der Waals surface area contributed by atoms with Gasteiger partial charge in [0.15, 0.2) is 0 Å². The van der Waals surface area contributed by atoms with Crippen LogP contribution in [0, 0.1) is 5.92 Å². The van der Waals surface area contributed by atoms with E-state index in [9.17, 15) is 9.59 Å². The van der Waals surface area contributed by atoms with Crippen LogP contribution in [0.3, 0.4) is 0 Å². The Labute approximate surface area is 112 Å². The number of rotatable bonds is 4. The fourth-order valence-electron chi connectivity index (χ4n) is 2.09. The first-order valence-electron chi connectivity index (χ1n) is 6.40. The van der Waals surface area contributed by atoms with Crippen molar-refractivity contribution in [1.29, 1.82) is 0 Å². The molecule has 1 aromatic carbocycles. The van der Waals surface area contributed by atoms with Crippen LogP contribution in [0.15, 0.2) is 18.2 Å². The molecule has 0 spiro atoms. The molecular formula is C14H19N3O2. The van der Waals surface area contributed by atoms with E-state index in [0.717, 1.165) is 16.9 Å². The van der Waals surface area contributed by atoms with Gasteiger partial charge in [0.25, 0.3) is 0 Å². The number of nitrogens with two attached hydrogens (primary N) is 1. The summed E-state index contributed by atoms with van der Waals surface area (Å²) < 4.78 is 0. The van der Waals surface area contributed by atoms with Crippen molar-refractivity contribution < 1.29 is 9.59 Å². The topological polar surface area (TPSA) is 75.4 Å². The van der Waals surface area contributed by atoms with Crippen molar-refractivity contribution >= 4 is 23.2 Å². The Hall–Kier alpha value is -1.88. The zero-order valence-electron chi connectivity index (χ0n) is 11.3. The predicted octanol–water partition coefficient (Wildman–Crippen LogP) is 1.13. The molecule has 19 heavy (non-hydrogen) atoms. The van der Waals surface area contributed by atoms with Gasteiger partial charge in [0.2, 0.25) is 11.8 Å². The summed E-state index contributed by atoms with van der Waals surface area (Å²) in [6, 6.07) is 5.57. The smallest absolute Gasteiger partial charge is 0.228 e. The maximum absolute atomic E-state index is 12.1. The van der Waals surface area contributed by atoms with Gasteiger partial charge in [0.1, 0.15) is 0 Å². The maximum Gasteiger partial charge on any atom is 0.228 e. The average molecular weight is 261 g/mol. The summed E-state index contributed by atoms with van der Waals surface area (Å²) in [7, 11) is 1.75. The number of nitrogens with one attached hydrogen (secondary N) is 1. The Morgan fingerprint density at radius 3 is 2.95 bits per heavy atom. The predicted molar refractivity (Wildman–Crippen MR) is 75.0 cm³/mol. The number of carbonyl (C=O) groups excluding carboxylic acids is 2. The molecule has 0 radical (unpaired) electrons. The van der Waals surface area contributed by atoms with Crippen molar-refractivity contribution in [1.82, 2.24) is 0 Å². The highest BCUT2D eigenvalue weighted by molar-refractivity contribution is 6.00. The summed E-state index contributed by atoms with van der Waals surface area (Å²) in [4.78, 5) is 25.0. The number of nitrogens with zero attached hydrogens (tertiary/aromatic N) is 1. The highest BCUT2D eigenvalue weighted by Gasteiger charge is 2.20. The second-order valence-corrected chi connectivity index (χ2v) is 5.06. The van der Waals surface area contributed by atoms with Gasteiger partial charge in [0, 0.05) is 24.8 Å². The number of hydrogen-bond donors (Lipinski definition) is 2. The third kappa shape index (κ3) is 2.93. The van der Waals surface area contributed by atoms with Crippen molar-refractivity contribution in [3.8, 4) is 0 Å². The molecule has 1 atom stereocenters. The molecule has 2 amide bonds. The zero-order valence-corrected chi connectivity index (χ0v) is 11.3. The molecule has 0 saturated heterocycles. The summed E-state index contributed by atoms with van der Waals surface area (Å²) in [5.41, 5.74) is 8.12. The van der Waals surface area contributed by atoms with E-state index in [1.54, 1.807) is 11.9 Å². The SMILES string of the molecule is CC(CN)CC(=O)N(C)c1ccc2c(c1)CC(=O)N2. The van der Waals surface area contributed by atoms with E-state index in [0.29, 0.717) is 19.4 Å². The first kappa shape index (κ1) is 13.5. The molecule has 5 heteroatoms. The second kappa shape index (κ2) is 5.40. The van der Waals surface area contributed by atoms with Crippen molar-refractivity contribution in [3.05, 3.63) is 23.8 Å². The van der Waals surface area contributed by atoms with Crippen LogP contribution < -0.4 is 16.0 Å². The van der Waals surface area contributed by atoms with Gasteiger partial charge in [-0.05, 0) is 36.2 Å². The van der Waals surface area contributed by atoms with Crippen LogP contribution in [0.1, 0.15) is 18.9 Å². The quantitative estimate of drug-likeness (QED) is 0.853. The van der Waals surface area contributed by atoms with Crippen LogP contribution in [0.25, 0.3) is 0 Å². The molecule has 0 fully saturated rings. The van der Waals surface area contributed by atoms with Crippen LogP contribution >= 0.6 is 0 Å². The van der Waals surface area contributed by atoms with E-state index >= 15 is 0 Å². The normalized spacial score (nSPS) is 14.8. The minimum absolute atomic E-state index is 0.00196. The lowest BCUT2D eigenvalue weighted by atomic mass is 10.1. The third-order valence-corrected chi connectivity index (χ3v) is 3.40. The second-order valence-electron chi connectivity index (χ2n) is 5.06. The van der Waals surface area contributed by atoms with Gasteiger partial charge in [0.05, 0.1) is 6.42 Å². The molecule has 0 aliphatic carbocycles. The van der Waals surface area contributed by atoms with Crippen LogP contribution in [-0.2, 0) is 16.0 Å². The van der Waals surface area contributed by atoms with Crippen molar-refractivity contribution in [3.63, 3.8) is 0 Å². The van der Waals surface area contributed by atoms with Gasteiger partial charge < -0.3 is 16.0 Å². The molecule has 1 heterocycles.